The summed E-state index contributed by atoms with van der Waals surface area (Å²) in [5, 5.41) is 4.13. The van der Waals surface area contributed by atoms with Crippen molar-refractivity contribution in [3.05, 3.63) is 58.9 Å². The number of hydrogen-bond donors (Lipinski definition) is 0. The summed E-state index contributed by atoms with van der Waals surface area (Å²) >= 11 is 0. The Morgan fingerprint density at radius 2 is 2.09 bits per heavy atom. The highest BCUT2D eigenvalue weighted by Gasteiger charge is 2.15. The van der Waals surface area contributed by atoms with Gasteiger partial charge in [0.25, 0.3) is 0 Å². The zero-order valence-electron chi connectivity index (χ0n) is 12.6. The van der Waals surface area contributed by atoms with E-state index in [0.29, 0.717) is 17.0 Å². The summed E-state index contributed by atoms with van der Waals surface area (Å²) in [6.07, 6.45) is 4.84. The molecule has 2 heterocycles. The molecule has 120 valence electrons. The maximum absolute atomic E-state index is 12.3. The average Bonchev–Trinajstić information content (AvgIpc) is 2.84. The van der Waals surface area contributed by atoms with Crippen molar-refractivity contribution in [3.63, 3.8) is 0 Å². The van der Waals surface area contributed by atoms with Gasteiger partial charge in [0.05, 0.1) is 16.8 Å². The zero-order valence-corrected chi connectivity index (χ0v) is 13.4. The summed E-state index contributed by atoms with van der Waals surface area (Å²) in [5.41, 5.74) is 1.05. The molecule has 0 amide bonds. The lowest BCUT2D eigenvalue weighted by Gasteiger charge is -2.05. The number of aromatic nitrogens is 4. The van der Waals surface area contributed by atoms with Crippen LogP contribution in [-0.4, -0.2) is 33.3 Å². The van der Waals surface area contributed by atoms with Crippen LogP contribution >= 0.6 is 0 Å². The van der Waals surface area contributed by atoms with Crippen molar-refractivity contribution in [2.75, 3.05) is 5.75 Å². The van der Waals surface area contributed by atoms with Crippen LogP contribution in [0.25, 0.3) is 5.65 Å². The summed E-state index contributed by atoms with van der Waals surface area (Å²) in [7, 11) is -3.36. The van der Waals surface area contributed by atoms with E-state index in [1.165, 1.54) is 27.7 Å². The van der Waals surface area contributed by atoms with Gasteiger partial charge in [0.15, 0.2) is 15.5 Å². The highest BCUT2D eigenvalue weighted by molar-refractivity contribution is 7.91. The molecule has 0 saturated carbocycles. The van der Waals surface area contributed by atoms with Gasteiger partial charge in [-0.15, -0.1) is 5.10 Å². The minimum Gasteiger partial charge on any atom is -0.259 e. The SMILES string of the molecule is Cc1cccc(S(=O)(=O)CCCn2nc3cnccn3c2=O)c1. The second-order valence-corrected chi connectivity index (χ2v) is 7.41. The highest BCUT2D eigenvalue weighted by atomic mass is 32.2. The molecule has 0 N–H and O–H groups in total. The Hall–Kier alpha value is -2.48. The first-order valence-corrected chi connectivity index (χ1v) is 8.81. The van der Waals surface area contributed by atoms with E-state index >= 15 is 0 Å². The fourth-order valence-electron chi connectivity index (χ4n) is 2.36. The Bertz CT molecular complexity index is 1000. The molecule has 2 aromatic heterocycles. The van der Waals surface area contributed by atoms with Crippen LogP contribution in [0.4, 0.5) is 0 Å². The van der Waals surface area contributed by atoms with Crippen LogP contribution < -0.4 is 5.69 Å². The van der Waals surface area contributed by atoms with Crippen LogP contribution in [0.1, 0.15) is 12.0 Å². The molecular weight excluding hydrogens is 316 g/mol. The van der Waals surface area contributed by atoms with Crippen LogP contribution in [0.3, 0.4) is 0 Å². The largest absolute Gasteiger partial charge is 0.350 e. The molecule has 0 spiro atoms. The summed E-state index contributed by atoms with van der Waals surface area (Å²) in [6, 6.07) is 6.81. The van der Waals surface area contributed by atoms with Crippen LogP contribution in [0.2, 0.25) is 0 Å². The first-order valence-electron chi connectivity index (χ1n) is 7.16. The van der Waals surface area contributed by atoms with E-state index in [2.05, 4.69) is 10.1 Å². The van der Waals surface area contributed by atoms with Crippen LogP contribution in [0.15, 0.2) is 52.5 Å². The minimum absolute atomic E-state index is 0.0327. The molecule has 0 radical (unpaired) electrons. The molecule has 0 aliphatic rings. The van der Waals surface area contributed by atoms with E-state index in [1.54, 1.807) is 18.2 Å². The average molecular weight is 332 g/mol. The van der Waals surface area contributed by atoms with Gasteiger partial charge in [0.2, 0.25) is 0 Å². The minimum atomic E-state index is -3.36. The van der Waals surface area contributed by atoms with E-state index in [1.807, 2.05) is 13.0 Å². The quantitative estimate of drug-likeness (QED) is 0.697. The zero-order chi connectivity index (χ0) is 16.4. The normalized spacial score (nSPS) is 11.9. The van der Waals surface area contributed by atoms with Crippen molar-refractivity contribution in [2.45, 2.75) is 24.8 Å². The second-order valence-electron chi connectivity index (χ2n) is 5.30. The van der Waals surface area contributed by atoms with E-state index in [-0.39, 0.29) is 18.0 Å². The summed E-state index contributed by atoms with van der Waals surface area (Å²) < 4.78 is 27.3. The van der Waals surface area contributed by atoms with E-state index in [4.69, 9.17) is 0 Å². The third-order valence-electron chi connectivity index (χ3n) is 3.52. The summed E-state index contributed by atoms with van der Waals surface area (Å²) in [6.45, 7) is 2.09. The molecule has 0 atom stereocenters. The van der Waals surface area contributed by atoms with Gasteiger partial charge in [-0.2, -0.15) is 0 Å². The monoisotopic (exact) mass is 332 g/mol. The molecule has 1 aromatic carbocycles. The molecule has 0 unspecified atom stereocenters. The first-order chi connectivity index (χ1) is 11.0. The number of hydrogen-bond acceptors (Lipinski definition) is 5. The fourth-order valence-corrected chi connectivity index (χ4v) is 3.75. The van der Waals surface area contributed by atoms with Gasteiger partial charge in [-0.1, -0.05) is 12.1 Å². The van der Waals surface area contributed by atoms with E-state index in [9.17, 15) is 13.2 Å². The lowest BCUT2D eigenvalue weighted by Crippen LogP contribution is -2.22. The Balaban J connectivity index is 1.73. The summed E-state index contributed by atoms with van der Waals surface area (Å²) in [5.74, 6) is -0.0327. The molecular formula is C15H16N4O3S. The van der Waals surface area contributed by atoms with Crippen LogP contribution in [0, 0.1) is 6.92 Å². The van der Waals surface area contributed by atoms with Crippen molar-refractivity contribution in [3.8, 4) is 0 Å². The van der Waals surface area contributed by atoms with Gasteiger partial charge in [-0.05, 0) is 31.0 Å². The molecule has 0 bridgehead atoms. The highest BCUT2D eigenvalue weighted by Crippen LogP contribution is 2.13. The first kappa shape index (κ1) is 15.4. The predicted octanol–water partition coefficient (Wildman–Crippen LogP) is 1.06. The van der Waals surface area contributed by atoms with Crippen molar-refractivity contribution < 1.29 is 8.42 Å². The Morgan fingerprint density at radius 1 is 1.26 bits per heavy atom. The van der Waals surface area contributed by atoms with Gasteiger partial charge in [0.1, 0.15) is 0 Å². The van der Waals surface area contributed by atoms with Crippen molar-refractivity contribution in [2.24, 2.45) is 0 Å². The Labute approximate surface area is 133 Å². The molecule has 7 nitrogen and oxygen atoms in total. The molecule has 23 heavy (non-hydrogen) atoms. The number of fused-ring (bicyclic) bond motifs is 1. The van der Waals surface area contributed by atoms with Gasteiger partial charge in [-0.25, -0.2) is 22.3 Å². The van der Waals surface area contributed by atoms with Gasteiger partial charge in [-0.3, -0.25) is 4.98 Å². The number of nitrogens with zero attached hydrogens (tertiary/aromatic N) is 4. The molecule has 3 aromatic rings. The third kappa shape index (κ3) is 3.16. The Morgan fingerprint density at radius 3 is 2.83 bits per heavy atom. The van der Waals surface area contributed by atoms with Crippen LogP contribution in [0.5, 0.6) is 0 Å². The third-order valence-corrected chi connectivity index (χ3v) is 5.32. The number of sulfone groups is 1. The molecule has 0 saturated heterocycles. The molecule has 0 aliphatic carbocycles. The van der Waals surface area contributed by atoms with E-state index in [0.717, 1.165) is 5.56 Å². The Kier molecular flexibility index (Phi) is 3.99. The summed E-state index contributed by atoms with van der Waals surface area (Å²) in [4.78, 5) is 16.3. The van der Waals surface area contributed by atoms with Crippen molar-refractivity contribution in [1.82, 2.24) is 19.2 Å². The van der Waals surface area contributed by atoms with Gasteiger partial charge < -0.3 is 0 Å². The predicted molar refractivity (Wildman–Crippen MR) is 85.1 cm³/mol. The smallest absolute Gasteiger partial charge is 0.259 e. The maximum atomic E-state index is 12.3. The fraction of sp³-hybridized carbons (Fsp3) is 0.267. The van der Waals surface area contributed by atoms with Gasteiger partial charge >= 0.3 is 5.69 Å². The molecule has 8 heteroatoms. The second kappa shape index (κ2) is 5.96. The number of rotatable bonds is 5. The molecule has 0 fully saturated rings. The number of benzene rings is 1. The lowest BCUT2D eigenvalue weighted by molar-refractivity contribution is 0.563. The van der Waals surface area contributed by atoms with E-state index < -0.39 is 9.84 Å². The number of aryl methyl sites for hydroxylation is 2. The lowest BCUT2D eigenvalue weighted by atomic mass is 10.2. The van der Waals surface area contributed by atoms with Crippen LogP contribution in [-0.2, 0) is 16.4 Å². The molecule has 3 rings (SSSR count). The van der Waals surface area contributed by atoms with Crippen molar-refractivity contribution in [1.29, 1.82) is 0 Å². The molecule has 0 aliphatic heterocycles. The topological polar surface area (TPSA) is 86.3 Å². The maximum Gasteiger partial charge on any atom is 0.350 e. The van der Waals surface area contributed by atoms with Crippen molar-refractivity contribution >= 4 is 15.5 Å². The van der Waals surface area contributed by atoms with Gasteiger partial charge in [0, 0.05) is 18.9 Å². The standard InChI is InChI=1S/C15H16N4O3S/c1-12-4-2-5-13(10-12)23(21,22)9-3-7-19-15(20)18-8-6-16-11-14(18)17-19/h2,4-6,8,10-11H,3,7,9H2,1H3.